The van der Waals surface area contributed by atoms with Crippen LogP contribution >= 0.6 is 15.9 Å². The van der Waals surface area contributed by atoms with Gasteiger partial charge < -0.3 is 10.1 Å². The van der Waals surface area contributed by atoms with E-state index in [9.17, 15) is 4.79 Å². The molecule has 1 N–H and O–H groups in total. The van der Waals surface area contributed by atoms with Crippen molar-refractivity contribution in [1.82, 2.24) is 5.32 Å². The minimum atomic E-state index is -0.274. The number of anilines is 1. The molecular weight excluding hydrogens is 284 g/mol. The minimum absolute atomic E-state index is 0.274. The Balaban J connectivity index is 2.18. The molecule has 92 valence electrons. The second-order valence-corrected chi connectivity index (χ2v) is 4.92. The van der Waals surface area contributed by atoms with Gasteiger partial charge >= 0.3 is 6.09 Å². The third kappa shape index (κ3) is 2.79. The van der Waals surface area contributed by atoms with Crippen LogP contribution in [0.1, 0.15) is 0 Å². The number of ether oxygens (including phenoxy) is 1. The van der Waals surface area contributed by atoms with Crippen LogP contribution in [0.3, 0.4) is 0 Å². The van der Waals surface area contributed by atoms with E-state index in [0.29, 0.717) is 19.1 Å². The summed E-state index contributed by atoms with van der Waals surface area (Å²) < 4.78 is 6.10. The van der Waals surface area contributed by atoms with Gasteiger partial charge in [-0.2, -0.15) is 0 Å². The Kier molecular flexibility index (Phi) is 4.02. The number of benzene rings is 1. The molecule has 0 spiro atoms. The standard InChI is InChI=1S/C12H15BrN2O2/c1-14-6-9-7-15(12(16)17-8-9)11-5-3-2-4-10(11)13/h2-5,9,14H,6-8H2,1H3. The lowest BCUT2D eigenvalue weighted by Gasteiger charge is -2.32. The van der Waals surface area contributed by atoms with Gasteiger partial charge in [0.05, 0.1) is 12.3 Å². The van der Waals surface area contributed by atoms with Gasteiger partial charge in [0.15, 0.2) is 0 Å². The second-order valence-electron chi connectivity index (χ2n) is 4.06. The first kappa shape index (κ1) is 12.4. The molecule has 0 aromatic heterocycles. The van der Waals surface area contributed by atoms with Gasteiger partial charge in [-0.25, -0.2) is 4.79 Å². The highest BCUT2D eigenvalue weighted by Crippen LogP contribution is 2.28. The lowest BCUT2D eigenvalue weighted by Crippen LogP contribution is -2.46. The van der Waals surface area contributed by atoms with Gasteiger partial charge in [-0.1, -0.05) is 12.1 Å². The molecule has 0 aliphatic carbocycles. The first-order chi connectivity index (χ1) is 8.22. The van der Waals surface area contributed by atoms with Gasteiger partial charge in [0.2, 0.25) is 0 Å². The van der Waals surface area contributed by atoms with E-state index < -0.39 is 0 Å². The number of rotatable bonds is 3. The molecule has 0 radical (unpaired) electrons. The molecule has 4 nitrogen and oxygen atoms in total. The fourth-order valence-electron chi connectivity index (χ4n) is 1.93. The molecule has 1 aromatic carbocycles. The number of carbonyl (C=O) groups excluding carboxylic acids is 1. The summed E-state index contributed by atoms with van der Waals surface area (Å²) in [7, 11) is 1.90. The lowest BCUT2D eigenvalue weighted by molar-refractivity contribution is 0.115. The summed E-state index contributed by atoms with van der Waals surface area (Å²) in [5, 5.41) is 3.11. The Morgan fingerprint density at radius 1 is 1.53 bits per heavy atom. The van der Waals surface area contributed by atoms with Crippen LogP contribution in [0.4, 0.5) is 10.5 Å². The summed E-state index contributed by atoms with van der Waals surface area (Å²) >= 11 is 3.45. The van der Waals surface area contributed by atoms with Crippen molar-refractivity contribution in [3.05, 3.63) is 28.7 Å². The molecule has 0 bridgehead atoms. The fourth-order valence-corrected chi connectivity index (χ4v) is 2.43. The molecule has 2 rings (SSSR count). The van der Waals surface area contributed by atoms with Gasteiger partial charge in [-0.15, -0.1) is 0 Å². The average Bonchev–Trinajstić information content (AvgIpc) is 2.33. The van der Waals surface area contributed by atoms with Crippen molar-refractivity contribution in [3.8, 4) is 0 Å². The van der Waals surface area contributed by atoms with Gasteiger partial charge in [0.1, 0.15) is 0 Å². The van der Waals surface area contributed by atoms with E-state index in [0.717, 1.165) is 16.7 Å². The number of carbonyl (C=O) groups is 1. The molecule has 0 saturated carbocycles. The predicted molar refractivity (Wildman–Crippen MR) is 70.3 cm³/mol. The monoisotopic (exact) mass is 298 g/mol. The highest BCUT2D eigenvalue weighted by Gasteiger charge is 2.28. The summed E-state index contributed by atoms with van der Waals surface area (Å²) in [5.41, 5.74) is 0.860. The number of cyclic esters (lactones) is 1. The number of hydrogen-bond acceptors (Lipinski definition) is 3. The Labute approximate surface area is 109 Å². The van der Waals surface area contributed by atoms with Gasteiger partial charge in [0, 0.05) is 23.5 Å². The summed E-state index contributed by atoms with van der Waals surface area (Å²) in [6, 6.07) is 7.67. The summed E-state index contributed by atoms with van der Waals surface area (Å²) in [4.78, 5) is 13.4. The van der Waals surface area contributed by atoms with Crippen LogP contribution in [-0.4, -0.2) is 32.8 Å². The first-order valence-corrected chi connectivity index (χ1v) is 6.35. The van der Waals surface area contributed by atoms with Crippen LogP contribution in [0.15, 0.2) is 28.7 Å². The molecule has 1 heterocycles. The molecule has 1 saturated heterocycles. The van der Waals surface area contributed by atoms with E-state index in [-0.39, 0.29) is 6.09 Å². The highest BCUT2D eigenvalue weighted by atomic mass is 79.9. The van der Waals surface area contributed by atoms with Crippen molar-refractivity contribution >= 4 is 27.7 Å². The molecule has 1 aliphatic rings. The number of halogens is 1. The van der Waals surface area contributed by atoms with Crippen molar-refractivity contribution in [2.24, 2.45) is 5.92 Å². The Hall–Kier alpha value is -1.07. The van der Waals surface area contributed by atoms with Crippen LogP contribution in [0.2, 0.25) is 0 Å². The van der Waals surface area contributed by atoms with E-state index in [4.69, 9.17) is 4.74 Å². The molecule has 1 unspecified atom stereocenters. The maximum absolute atomic E-state index is 11.8. The van der Waals surface area contributed by atoms with Gasteiger partial charge in [-0.3, -0.25) is 4.90 Å². The molecule has 17 heavy (non-hydrogen) atoms. The molecule has 1 atom stereocenters. The summed E-state index contributed by atoms with van der Waals surface area (Å²) in [6.45, 7) is 2.01. The van der Waals surface area contributed by atoms with Crippen molar-refractivity contribution in [2.45, 2.75) is 0 Å². The zero-order valence-electron chi connectivity index (χ0n) is 9.65. The Morgan fingerprint density at radius 2 is 2.29 bits per heavy atom. The minimum Gasteiger partial charge on any atom is -0.449 e. The summed E-state index contributed by atoms with van der Waals surface area (Å²) in [6.07, 6.45) is -0.274. The number of para-hydroxylation sites is 1. The molecule has 1 amide bonds. The van der Waals surface area contributed by atoms with Crippen LogP contribution in [0, 0.1) is 5.92 Å². The average molecular weight is 299 g/mol. The Bertz CT molecular complexity index is 411. The number of nitrogens with one attached hydrogen (secondary N) is 1. The van der Waals surface area contributed by atoms with E-state index in [1.54, 1.807) is 4.90 Å². The van der Waals surface area contributed by atoms with Crippen molar-refractivity contribution in [3.63, 3.8) is 0 Å². The molecule has 1 aliphatic heterocycles. The van der Waals surface area contributed by atoms with Crippen LogP contribution in [-0.2, 0) is 4.74 Å². The molecular formula is C12H15BrN2O2. The lowest BCUT2D eigenvalue weighted by atomic mass is 10.1. The predicted octanol–water partition coefficient (Wildman–Crippen LogP) is 2.24. The Morgan fingerprint density at radius 3 is 3.00 bits per heavy atom. The largest absolute Gasteiger partial charge is 0.449 e. The normalized spacial score (nSPS) is 20.2. The topological polar surface area (TPSA) is 41.6 Å². The molecule has 5 heteroatoms. The number of hydrogen-bond donors (Lipinski definition) is 1. The van der Waals surface area contributed by atoms with Crippen molar-refractivity contribution in [1.29, 1.82) is 0 Å². The smallest absolute Gasteiger partial charge is 0.414 e. The number of amides is 1. The van der Waals surface area contributed by atoms with E-state index in [1.165, 1.54) is 0 Å². The maximum Gasteiger partial charge on any atom is 0.414 e. The van der Waals surface area contributed by atoms with Gasteiger partial charge in [0.25, 0.3) is 0 Å². The van der Waals surface area contributed by atoms with E-state index in [2.05, 4.69) is 21.2 Å². The second kappa shape index (κ2) is 5.51. The van der Waals surface area contributed by atoms with Crippen molar-refractivity contribution in [2.75, 3.05) is 31.6 Å². The van der Waals surface area contributed by atoms with Crippen LogP contribution in [0.25, 0.3) is 0 Å². The number of nitrogens with zero attached hydrogens (tertiary/aromatic N) is 1. The SMILES string of the molecule is CNCC1COC(=O)N(c2ccccc2Br)C1. The third-order valence-electron chi connectivity index (χ3n) is 2.74. The van der Waals surface area contributed by atoms with Crippen LogP contribution < -0.4 is 10.2 Å². The van der Waals surface area contributed by atoms with Crippen LogP contribution in [0.5, 0.6) is 0 Å². The zero-order chi connectivity index (χ0) is 12.3. The quantitative estimate of drug-likeness (QED) is 0.930. The van der Waals surface area contributed by atoms with Gasteiger partial charge in [-0.05, 0) is 35.1 Å². The van der Waals surface area contributed by atoms with E-state index >= 15 is 0 Å². The van der Waals surface area contributed by atoms with E-state index in [1.807, 2.05) is 31.3 Å². The van der Waals surface area contributed by atoms with Crippen molar-refractivity contribution < 1.29 is 9.53 Å². The zero-order valence-corrected chi connectivity index (χ0v) is 11.2. The molecule has 1 fully saturated rings. The first-order valence-electron chi connectivity index (χ1n) is 5.55. The molecule has 1 aromatic rings. The summed E-state index contributed by atoms with van der Waals surface area (Å²) in [5.74, 6) is 0.324. The maximum atomic E-state index is 11.8. The third-order valence-corrected chi connectivity index (χ3v) is 3.41. The fraction of sp³-hybridized carbons (Fsp3) is 0.417. The highest BCUT2D eigenvalue weighted by molar-refractivity contribution is 9.10.